The summed E-state index contributed by atoms with van der Waals surface area (Å²) in [5, 5.41) is 3.85. The first kappa shape index (κ1) is 14.3. The van der Waals surface area contributed by atoms with Crippen LogP contribution in [0.25, 0.3) is 0 Å². The van der Waals surface area contributed by atoms with Gasteiger partial charge in [-0.1, -0.05) is 20.8 Å². The smallest absolute Gasteiger partial charge is 0.0309 e. The van der Waals surface area contributed by atoms with Crippen LogP contribution in [0.3, 0.4) is 0 Å². The van der Waals surface area contributed by atoms with Crippen LogP contribution >= 0.6 is 0 Å². The molecule has 1 N–H and O–H groups in total. The van der Waals surface area contributed by atoms with Crippen LogP contribution in [0.2, 0.25) is 0 Å². The van der Waals surface area contributed by atoms with Gasteiger partial charge in [-0.3, -0.25) is 4.90 Å². The molecule has 106 valence electrons. The molecule has 18 heavy (non-hydrogen) atoms. The lowest BCUT2D eigenvalue weighted by molar-refractivity contribution is 0.0707. The van der Waals surface area contributed by atoms with Crippen LogP contribution in [0.15, 0.2) is 0 Å². The normalized spacial score (nSPS) is 34.2. The molecule has 1 aliphatic carbocycles. The molecule has 1 aliphatic heterocycles. The summed E-state index contributed by atoms with van der Waals surface area (Å²) in [6.45, 7) is 13.2. The summed E-state index contributed by atoms with van der Waals surface area (Å²) in [6, 6.07) is 0.768. The molecule has 0 spiro atoms. The zero-order chi connectivity index (χ0) is 13.2. The van der Waals surface area contributed by atoms with E-state index in [0.717, 1.165) is 17.9 Å². The van der Waals surface area contributed by atoms with E-state index < -0.39 is 0 Å². The maximum atomic E-state index is 3.85. The molecule has 2 fully saturated rings. The third-order valence-corrected chi connectivity index (χ3v) is 4.97. The van der Waals surface area contributed by atoms with Crippen LogP contribution in [0, 0.1) is 11.8 Å². The molecule has 0 bridgehead atoms. The maximum Gasteiger partial charge on any atom is 0.0309 e. The Labute approximate surface area is 114 Å². The number of piperazine rings is 1. The Morgan fingerprint density at radius 1 is 1.33 bits per heavy atom. The van der Waals surface area contributed by atoms with Gasteiger partial charge < -0.3 is 5.32 Å². The summed E-state index contributed by atoms with van der Waals surface area (Å²) in [5.74, 6) is 1.80. The van der Waals surface area contributed by atoms with E-state index in [1.54, 1.807) is 0 Å². The van der Waals surface area contributed by atoms with Crippen molar-refractivity contribution in [3.05, 3.63) is 0 Å². The highest BCUT2D eigenvalue weighted by Gasteiger charge is 2.45. The second kappa shape index (κ2) is 5.92. The second-order valence-electron chi connectivity index (χ2n) is 7.14. The largest absolute Gasteiger partial charge is 0.308 e. The van der Waals surface area contributed by atoms with E-state index in [0.29, 0.717) is 5.54 Å². The van der Waals surface area contributed by atoms with Crippen molar-refractivity contribution in [2.75, 3.05) is 19.6 Å². The zero-order valence-corrected chi connectivity index (χ0v) is 12.8. The predicted octanol–water partition coefficient (Wildman–Crippen LogP) is 3.28. The SMILES string of the molecule is CCC1CNC(C)(C2CC2)CN1CCCC(C)C. The number of nitrogens with one attached hydrogen (secondary N) is 1. The molecule has 2 atom stereocenters. The fourth-order valence-electron chi connectivity index (χ4n) is 3.45. The Hall–Kier alpha value is -0.0800. The summed E-state index contributed by atoms with van der Waals surface area (Å²) < 4.78 is 0. The Morgan fingerprint density at radius 3 is 2.61 bits per heavy atom. The average Bonchev–Trinajstić information content (AvgIpc) is 3.13. The van der Waals surface area contributed by atoms with Crippen molar-refractivity contribution in [2.24, 2.45) is 11.8 Å². The third kappa shape index (κ3) is 3.48. The van der Waals surface area contributed by atoms with Gasteiger partial charge >= 0.3 is 0 Å². The molecule has 1 saturated carbocycles. The van der Waals surface area contributed by atoms with E-state index in [2.05, 4.69) is 37.9 Å². The molecule has 0 aromatic carbocycles. The number of hydrogen-bond donors (Lipinski definition) is 1. The van der Waals surface area contributed by atoms with Crippen LogP contribution in [-0.4, -0.2) is 36.1 Å². The summed E-state index contributed by atoms with van der Waals surface area (Å²) in [6.07, 6.45) is 6.92. The molecule has 1 saturated heterocycles. The van der Waals surface area contributed by atoms with E-state index in [9.17, 15) is 0 Å². The first-order valence-corrected chi connectivity index (χ1v) is 8.04. The number of rotatable bonds is 6. The fourth-order valence-corrected chi connectivity index (χ4v) is 3.45. The molecule has 0 amide bonds. The van der Waals surface area contributed by atoms with Crippen LogP contribution in [0.1, 0.15) is 59.8 Å². The highest BCUT2D eigenvalue weighted by atomic mass is 15.3. The predicted molar refractivity (Wildman–Crippen MR) is 78.9 cm³/mol. The molecular formula is C16H32N2. The minimum Gasteiger partial charge on any atom is -0.308 e. The minimum atomic E-state index is 0.406. The Kier molecular flexibility index (Phi) is 4.71. The lowest BCUT2D eigenvalue weighted by Crippen LogP contribution is -2.63. The highest BCUT2D eigenvalue weighted by Crippen LogP contribution is 2.41. The van der Waals surface area contributed by atoms with Crippen LogP contribution in [0.4, 0.5) is 0 Å². The molecule has 2 aliphatic rings. The number of nitrogens with zero attached hydrogens (tertiary/aromatic N) is 1. The van der Waals surface area contributed by atoms with Gasteiger partial charge in [0.1, 0.15) is 0 Å². The van der Waals surface area contributed by atoms with Crippen molar-refractivity contribution >= 4 is 0 Å². The van der Waals surface area contributed by atoms with E-state index in [1.165, 1.54) is 51.7 Å². The standard InChI is InChI=1S/C16H32N2/c1-5-15-11-17-16(4,14-8-9-14)12-18(15)10-6-7-13(2)3/h13-15,17H,5-12H2,1-4H3. The van der Waals surface area contributed by atoms with Crippen LogP contribution in [0.5, 0.6) is 0 Å². The van der Waals surface area contributed by atoms with E-state index in [-0.39, 0.29) is 0 Å². The van der Waals surface area contributed by atoms with Gasteiger partial charge in [-0.2, -0.15) is 0 Å². The molecule has 2 heteroatoms. The molecule has 1 heterocycles. The average molecular weight is 252 g/mol. The van der Waals surface area contributed by atoms with E-state index in [1.807, 2.05) is 0 Å². The molecule has 2 nitrogen and oxygen atoms in total. The van der Waals surface area contributed by atoms with Gasteiger partial charge in [0.15, 0.2) is 0 Å². The molecule has 2 rings (SSSR count). The second-order valence-corrected chi connectivity index (χ2v) is 7.14. The highest BCUT2D eigenvalue weighted by molar-refractivity contribution is 5.03. The first-order valence-electron chi connectivity index (χ1n) is 8.04. The van der Waals surface area contributed by atoms with Gasteiger partial charge in [-0.05, 0) is 57.4 Å². The van der Waals surface area contributed by atoms with Crippen molar-refractivity contribution in [1.82, 2.24) is 10.2 Å². The molecule has 0 aromatic rings. The van der Waals surface area contributed by atoms with Crippen molar-refractivity contribution < 1.29 is 0 Å². The van der Waals surface area contributed by atoms with Gasteiger partial charge in [0, 0.05) is 24.7 Å². The molecule has 2 unspecified atom stereocenters. The molecule has 0 radical (unpaired) electrons. The fraction of sp³-hybridized carbons (Fsp3) is 1.00. The van der Waals surface area contributed by atoms with Crippen molar-refractivity contribution in [1.29, 1.82) is 0 Å². The number of hydrogen-bond acceptors (Lipinski definition) is 2. The molecule has 0 aromatic heterocycles. The monoisotopic (exact) mass is 252 g/mol. The van der Waals surface area contributed by atoms with Crippen molar-refractivity contribution in [3.8, 4) is 0 Å². The quantitative estimate of drug-likeness (QED) is 0.780. The topological polar surface area (TPSA) is 15.3 Å². The van der Waals surface area contributed by atoms with Crippen LogP contribution < -0.4 is 5.32 Å². The maximum absolute atomic E-state index is 3.85. The van der Waals surface area contributed by atoms with Gasteiger partial charge in [-0.15, -0.1) is 0 Å². The van der Waals surface area contributed by atoms with Gasteiger partial charge in [0.05, 0.1) is 0 Å². The minimum absolute atomic E-state index is 0.406. The van der Waals surface area contributed by atoms with Crippen molar-refractivity contribution in [2.45, 2.75) is 71.4 Å². The van der Waals surface area contributed by atoms with E-state index >= 15 is 0 Å². The van der Waals surface area contributed by atoms with Gasteiger partial charge in [0.25, 0.3) is 0 Å². The van der Waals surface area contributed by atoms with Gasteiger partial charge in [0.2, 0.25) is 0 Å². The molecular weight excluding hydrogens is 220 g/mol. The first-order chi connectivity index (χ1) is 8.55. The lowest BCUT2D eigenvalue weighted by Gasteiger charge is -2.46. The van der Waals surface area contributed by atoms with Gasteiger partial charge in [-0.25, -0.2) is 0 Å². The third-order valence-electron chi connectivity index (χ3n) is 4.97. The summed E-state index contributed by atoms with van der Waals surface area (Å²) in [4.78, 5) is 2.78. The Balaban J connectivity index is 1.86. The zero-order valence-electron chi connectivity index (χ0n) is 12.8. The van der Waals surface area contributed by atoms with E-state index in [4.69, 9.17) is 0 Å². The summed E-state index contributed by atoms with van der Waals surface area (Å²) >= 11 is 0. The summed E-state index contributed by atoms with van der Waals surface area (Å²) in [7, 11) is 0. The summed E-state index contributed by atoms with van der Waals surface area (Å²) in [5.41, 5.74) is 0.406. The Bertz CT molecular complexity index is 260. The van der Waals surface area contributed by atoms with Crippen molar-refractivity contribution in [3.63, 3.8) is 0 Å². The van der Waals surface area contributed by atoms with Crippen LogP contribution in [-0.2, 0) is 0 Å². The lowest BCUT2D eigenvalue weighted by atomic mass is 9.90. The Morgan fingerprint density at radius 2 is 2.06 bits per heavy atom.